The fraction of sp³-hybridized carbons (Fsp3) is 0.412. The Morgan fingerprint density at radius 2 is 2.15 bits per heavy atom. The molecule has 1 aromatic heterocycles. The third-order valence-corrected chi connectivity index (χ3v) is 5.06. The quantitative estimate of drug-likeness (QED) is 0.667. The van der Waals surface area contributed by atoms with Crippen LogP contribution in [-0.4, -0.2) is 50.6 Å². The highest BCUT2D eigenvalue weighted by atomic mass is 32.2. The number of amides is 1. The molecule has 3 rings (SSSR count). The van der Waals surface area contributed by atoms with Crippen LogP contribution in [0.15, 0.2) is 30.6 Å². The van der Waals surface area contributed by atoms with Gasteiger partial charge in [-0.1, -0.05) is 0 Å². The van der Waals surface area contributed by atoms with Gasteiger partial charge in [0, 0.05) is 44.0 Å². The number of nitrogens with zero attached hydrogens (tertiary/aromatic N) is 2. The average molecular weight is 393 g/mol. The van der Waals surface area contributed by atoms with Crippen LogP contribution in [0.5, 0.6) is 5.75 Å². The van der Waals surface area contributed by atoms with Crippen LogP contribution in [0.2, 0.25) is 0 Å². The molecule has 27 heavy (non-hydrogen) atoms. The maximum Gasteiger partial charge on any atom is 0.229 e. The molecule has 10 heteroatoms. The average Bonchev–Trinajstić information content (AvgIpc) is 3.23. The molecule has 2 heterocycles. The molecular formula is C17H23N5O4S. The molecule has 0 radical (unpaired) electrons. The maximum atomic E-state index is 12.8. The first-order valence-electron chi connectivity index (χ1n) is 8.43. The number of aromatic nitrogens is 2. The van der Waals surface area contributed by atoms with Gasteiger partial charge in [-0.2, -0.15) is 5.10 Å². The van der Waals surface area contributed by atoms with Crippen LogP contribution in [0.4, 0.5) is 11.4 Å². The lowest BCUT2D eigenvalue weighted by Crippen LogP contribution is -2.28. The smallest absolute Gasteiger partial charge is 0.229 e. The van der Waals surface area contributed by atoms with E-state index in [0.717, 1.165) is 11.8 Å². The SMILES string of the molecule is COc1cc(NC(=O)[C@H]2CNC[C@@H]2c2cnn(C)c2)ccc1NS(C)(=O)=O. The third-order valence-electron chi connectivity index (χ3n) is 4.47. The number of anilines is 2. The second kappa shape index (κ2) is 7.57. The first kappa shape index (κ1) is 19.2. The zero-order valence-electron chi connectivity index (χ0n) is 15.4. The van der Waals surface area contributed by atoms with E-state index in [2.05, 4.69) is 20.5 Å². The highest BCUT2D eigenvalue weighted by Crippen LogP contribution is 2.31. The molecule has 146 valence electrons. The summed E-state index contributed by atoms with van der Waals surface area (Å²) in [7, 11) is -0.143. The normalized spacial score (nSPS) is 19.7. The third kappa shape index (κ3) is 4.58. The fourth-order valence-corrected chi connectivity index (χ4v) is 3.79. The molecule has 0 unspecified atom stereocenters. The van der Waals surface area contributed by atoms with Crippen molar-refractivity contribution in [2.45, 2.75) is 5.92 Å². The van der Waals surface area contributed by atoms with Gasteiger partial charge in [-0.25, -0.2) is 8.42 Å². The molecule has 1 aliphatic rings. The van der Waals surface area contributed by atoms with Gasteiger partial charge in [-0.3, -0.25) is 14.2 Å². The summed E-state index contributed by atoms with van der Waals surface area (Å²) in [5.41, 5.74) is 1.87. The summed E-state index contributed by atoms with van der Waals surface area (Å²) in [5.74, 6) is 0.0343. The summed E-state index contributed by atoms with van der Waals surface area (Å²) in [6.45, 7) is 1.29. The molecule has 1 saturated heterocycles. The molecule has 2 aromatic rings. The summed E-state index contributed by atoms with van der Waals surface area (Å²) in [6, 6.07) is 4.78. The van der Waals surface area contributed by atoms with Gasteiger partial charge in [0.25, 0.3) is 0 Å². The lowest BCUT2D eigenvalue weighted by atomic mass is 9.90. The summed E-state index contributed by atoms with van der Waals surface area (Å²) in [4.78, 5) is 12.8. The number of hydrogen-bond acceptors (Lipinski definition) is 6. The van der Waals surface area contributed by atoms with Crippen LogP contribution < -0.4 is 20.1 Å². The van der Waals surface area contributed by atoms with E-state index in [-0.39, 0.29) is 17.7 Å². The first-order chi connectivity index (χ1) is 12.8. The molecule has 0 spiro atoms. The van der Waals surface area contributed by atoms with Crippen molar-refractivity contribution in [1.29, 1.82) is 0 Å². The second-order valence-electron chi connectivity index (χ2n) is 6.60. The Kier molecular flexibility index (Phi) is 5.38. The van der Waals surface area contributed by atoms with E-state index in [1.54, 1.807) is 29.1 Å². The van der Waals surface area contributed by atoms with Gasteiger partial charge >= 0.3 is 0 Å². The van der Waals surface area contributed by atoms with Crippen molar-refractivity contribution in [1.82, 2.24) is 15.1 Å². The molecule has 0 aliphatic carbocycles. The lowest BCUT2D eigenvalue weighted by Gasteiger charge is -2.18. The van der Waals surface area contributed by atoms with Crippen LogP contribution in [0.25, 0.3) is 0 Å². The summed E-state index contributed by atoms with van der Waals surface area (Å²) in [6.07, 6.45) is 4.77. The number of benzene rings is 1. The topological polar surface area (TPSA) is 114 Å². The monoisotopic (exact) mass is 393 g/mol. The number of hydrogen-bond donors (Lipinski definition) is 3. The van der Waals surface area contributed by atoms with Crippen molar-refractivity contribution in [3.05, 3.63) is 36.2 Å². The van der Waals surface area contributed by atoms with Gasteiger partial charge in [0.2, 0.25) is 15.9 Å². The Morgan fingerprint density at radius 3 is 2.78 bits per heavy atom. The summed E-state index contributed by atoms with van der Waals surface area (Å²) >= 11 is 0. The molecule has 1 aliphatic heterocycles. The Labute approximate surface area is 158 Å². The summed E-state index contributed by atoms with van der Waals surface area (Å²) in [5, 5.41) is 10.3. The minimum Gasteiger partial charge on any atom is -0.494 e. The van der Waals surface area contributed by atoms with Gasteiger partial charge in [0.05, 0.1) is 31.2 Å². The molecular weight excluding hydrogens is 370 g/mol. The van der Waals surface area contributed by atoms with Crippen LogP contribution in [-0.2, 0) is 21.9 Å². The Bertz CT molecular complexity index is 941. The van der Waals surface area contributed by atoms with Crippen molar-refractivity contribution in [2.75, 3.05) is 36.5 Å². The molecule has 1 aromatic carbocycles. The minimum atomic E-state index is -3.43. The van der Waals surface area contributed by atoms with E-state index in [9.17, 15) is 13.2 Å². The molecule has 1 amide bonds. The second-order valence-corrected chi connectivity index (χ2v) is 8.35. The zero-order valence-corrected chi connectivity index (χ0v) is 16.2. The number of sulfonamides is 1. The van der Waals surface area contributed by atoms with E-state index < -0.39 is 10.0 Å². The van der Waals surface area contributed by atoms with Crippen molar-refractivity contribution in [3.8, 4) is 5.75 Å². The van der Waals surface area contributed by atoms with Gasteiger partial charge in [0.1, 0.15) is 5.75 Å². The molecule has 0 bridgehead atoms. The minimum absolute atomic E-state index is 0.0479. The Morgan fingerprint density at radius 1 is 1.37 bits per heavy atom. The highest BCUT2D eigenvalue weighted by molar-refractivity contribution is 7.92. The predicted octanol–water partition coefficient (Wildman–Crippen LogP) is 0.742. The van der Waals surface area contributed by atoms with E-state index in [1.165, 1.54) is 7.11 Å². The van der Waals surface area contributed by atoms with E-state index in [4.69, 9.17) is 4.74 Å². The number of carbonyl (C=O) groups is 1. The lowest BCUT2D eigenvalue weighted by molar-refractivity contribution is -0.119. The van der Waals surface area contributed by atoms with E-state index >= 15 is 0 Å². The number of methoxy groups -OCH3 is 1. The van der Waals surface area contributed by atoms with Crippen LogP contribution in [0.1, 0.15) is 11.5 Å². The number of aryl methyl sites for hydroxylation is 1. The maximum absolute atomic E-state index is 12.8. The van der Waals surface area contributed by atoms with Gasteiger partial charge in [-0.05, 0) is 17.7 Å². The zero-order chi connectivity index (χ0) is 19.6. The van der Waals surface area contributed by atoms with E-state index in [0.29, 0.717) is 30.2 Å². The van der Waals surface area contributed by atoms with Crippen LogP contribution in [0, 0.1) is 5.92 Å². The number of ether oxygens (including phenoxy) is 1. The molecule has 9 nitrogen and oxygen atoms in total. The van der Waals surface area contributed by atoms with Gasteiger partial charge in [0.15, 0.2) is 0 Å². The first-order valence-corrected chi connectivity index (χ1v) is 10.3. The Hall–Kier alpha value is -2.59. The Balaban J connectivity index is 1.75. The largest absolute Gasteiger partial charge is 0.494 e. The predicted molar refractivity (Wildman–Crippen MR) is 102 cm³/mol. The van der Waals surface area contributed by atoms with Crippen molar-refractivity contribution in [3.63, 3.8) is 0 Å². The van der Waals surface area contributed by atoms with Crippen molar-refractivity contribution < 1.29 is 17.9 Å². The van der Waals surface area contributed by atoms with Crippen molar-refractivity contribution >= 4 is 27.3 Å². The van der Waals surface area contributed by atoms with Crippen LogP contribution >= 0.6 is 0 Å². The molecule has 2 atom stereocenters. The van der Waals surface area contributed by atoms with Crippen LogP contribution in [0.3, 0.4) is 0 Å². The number of rotatable bonds is 6. The highest BCUT2D eigenvalue weighted by Gasteiger charge is 2.34. The molecule has 1 fully saturated rings. The standard InChI is InChI=1S/C17H23N5O4S/c1-22-10-11(7-19-22)13-8-18-9-14(13)17(23)20-12-4-5-15(16(6-12)26-2)21-27(3,24)25/h4-7,10,13-14,18,21H,8-9H2,1-3H3,(H,20,23)/t13-,14+/m1/s1. The molecule has 0 saturated carbocycles. The van der Waals surface area contributed by atoms with E-state index in [1.807, 2.05) is 13.2 Å². The van der Waals surface area contributed by atoms with Crippen molar-refractivity contribution in [2.24, 2.45) is 13.0 Å². The van der Waals surface area contributed by atoms with Gasteiger partial charge < -0.3 is 15.4 Å². The number of carbonyl (C=O) groups excluding carboxylic acids is 1. The molecule has 3 N–H and O–H groups in total. The van der Waals surface area contributed by atoms with Gasteiger partial charge in [-0.15, -0.1) is 0 Å². The number of nitrogens with one attached hydrogen (secondary N) is 3. The fourth-order valence-electron chi connectivity index (χ4n) is 3.22. The summed E-state index contributed by atoms with van der Waals surface area (Å²) < 4.78 is 32.2.